The first-order valence-electron chi connectivity index (χ1n) is 9.10. The van der Waals surface area contributed by atoms with Gasteiger partial charge in [-0.05, 0) is 49.7 Å². The molecular formula is C21H24N2O4S. The van der Waals surface area contributed by atoms with E-state index in [2.05, 4.69) is 5.32 Å². The molecule has 0 bridgehead atoms. The fourth-order valence-corrected chi connectivity index (χ4v) is 4.37. The number of allylic oxidation sites excluding steroid dienone is 1. The lowest BCUT2D eigenvalue weighted by molar-refractivity contribution is 0.0730. The second-order valence-electron chi connectivity index (χ2n) is 6.70. The van der Waals surface area contributed by atoms with Gasteiger partial charge in [0, 0.05) is 36.6 Å². The number of ketones is 1. The highest BCUT2D eigenvalue weighted by Crippen LogP contribution is 2.19. The molecular weight excluding hydrogens is 376 g/mol. The van der Waals surface area contributed by atoms with E-state index < -0.39 is 10.0 Å². The topological polar surface area (TPSA) is 75.7 Å². The van der Waals surface area contributed by atoms with Gasteiger partial charge in [-0.1, -0.05) is 17.7 Å². The molecule has 0 spiro atoms. The van der Waals surface area contributed by atoms with Crippen LogP contribution in [0.3, 0.4) is 0 Å². The molecule has 0 radical (unpaired) electrons. The molecule has 28 heavy (non-hydrogen) atoms. The fraction of sp³-hybridized carbons (Fsp3) is 0.286. The molecule has 0 aromatic heterocycles. The molecule has 0 saturated carbocycles. The first-order valence-corrected chi connectivity index (χ1v) is 10.5. The number of hydrogen-bond acceptors (Lipinski definition) is 5. The molecule has 1 aliphatic rings. The highest BCUT2D eigenvalue weighted by molar-refractivity contribution is 7.89. The Bertz CT molecular complexity index is 976. The first kappa shape index (κ1) is 20.3. The summed E-state index contributed by atoms with van der Waals surface area (Å²) in [7, 11) is -3.50. The minimum absolute atomic E-state index is 0.0831. The van der Waals surface area contributed by atoms with Gasteiger partial charge in [0.25, 0.3) is 0 Å². The number of rotatable bonds is 6. The normalized spacial score (nSPS) is 15.6. The van der Waals surface area contributed by atoms with Gasteiger partial charge in [0.05, 0.1) is 18.1 Å². The molecule has 1 saturated heterocycles. The second kappa shape index (κ2) is 8.68. The summed E-state index contributed by atoms with van der Waals surface area (Å²) in [6.07, 6.45) is 3.04. The molecule has 3 rings (SSSR count). The van der Waals surface area contributed by atoms with E-state index in [9.17, 15) is 13.2 Å². The summed E-state index contributed by atoms with van der Waals surface area (Å²) >= 11 is 0. The van der Waals surface area contributed by atoms with E-state index in [4.69, 9.17) is 4.74 Å². The van der Waals surface area contributed by atoms with Crippen molar-refractivity contribution in [3.63, 3.8) is 0 Å². The van der Waals surface area contributed by atoms with Gasteiger partial charge in [-0.3, -0.25) is 4.79 Å². The Morgan fingerprint density at radius 2 is 1.75 bits per heavy atom. The minimum Gasteiger partial charge on any atom is -0.379 e. The standard InChI is InChI=1S/C21H24N2O4S/c1-16-3-4-17(2)20(15-16)21(24)9-10-22-18-5-7-19(8-6-18)28(25,26)23-11-13-27-14-12-23/h3-10,15,22H,11-14H2,1-2H3/b10-9+. The molecule has 1 N–H and O–H groups in total. The van der Waals surface area contributed by atoms with Crippen molar-refractivity contribution >= 4 is 21.5 Å². The van der Waals surface area contributed by atoms with Crippen molar-refractivity contribution in [1.29, 1.82) is 0 Å². The average Bonchev–Trinajstić information content (AvgIpc) is 2.71. The average molecular weight is 401 g/mol. The maximum Gasteiger partial charge on any atom is 0.243 e. The van der Waals surface area contributed by atoms with Gasteiger partial charge >= 0.3 is 0 Å². The highest BCUT2D eigenvalue weighted by atomic mass is 32.2. The maximum absolute atomic E-state index is 12.6. The maximum atomic E-state index is 12.6. The summed E-state index contributed by atoms with van der Waals surface area (Å²) in [5.41, 5.74) is 3.33. The molecule has 148 valence electrons. The van der Waals surface area contributed by atoms with Crippen molar-refractivity contribution in [2.75, 3.05) is 31.6 Å². The summed E-state index contributed by atoms with van der Waals surface area (Å²) < 4.78 is 31.9. The molecule has 1 fully saturated rings. The van der Waals surface area contributed by atoms with Crippen LogP contribution in [0.2, 0.25) is 0 Å². The zero-order valence-electron chi connectivity index (χ0n) is 16.0. The zero-order valence-corrected chi connectivity index (χ0v) is 16.8. The van der Waals surface area contributed by atoms with E-state index in [-0.39, 0.29) is 10.7 Å². The van der Waals surface area contributed by atoms with Crippen LogP contribution < -0.4 is 5.32 Å². The SMILES string of the molecule is Cc1ccc(C)c(C(=O)/C=C/Nc2ccc(S(=O)(=O)N3CCOCC3)cc2)c1. The van der Waals surface area contributed by atoms with Crippen molar-refractivity contribution in [3.05, 3.63) is 71.4 Å². The van der Waals surface area contributed by atoms with Gasteiger partial charge in [-0.25, -0.2) is 8.42 Å². The van der Waals surface area contributed by atoms with Crippen LogP contribution in [0, 0.1) is 13.8 Å². The smallest absolute Gasteiger partial charge is 0.243 e. The van der Waals surface area contributed by atoms with Crippen LogP contribution in [0.1, 0.15) is 21.5 Å². The Balaban J connectivity index is 1.65. The van der Waals surface area contributed by atoms with Gasteiger partial charge in [-0.15, -0.1) is 0 Å². The van der Waals surface area contributed by atoms with Gasteiger partial charge in [0.1, 0.15) is 0 Å². The number of nitrogens with one attached hydrogen (secondary N) is 1. The largest absolute Gasteiger partial charge is 0.379 e. The number of morpholine rings is 1. The van der Waals surface area contributed by atoms with E-state index in [0.29, 0.717) is 37.6 Å². The monoisotopic (exact) mass is 400 g/mol. The third kappa shape index (κ3) is 4.67. The number of anilines is 1. The van der Waals surface area contributed by atoms with Crippen molar-refractivity contribution < 1.29 is 17.9 Å². The highest BCUT2D eigenvalue weighted by Gasteiger charge is 2.25. The van der Waals surface area contributed by atoms with E-state index in [0.717, 1.165) is 11.1 Å². The summed E-state index contributed by atoms with van der Waals surface area (Å²) in [5, 5.41) is 3.01. The van der Waals surface area contributed by atoms with Crippen LogP contribution >= 0.6 is 0 Å². The molecule has 0 aliphatic carbocycles. The summed E-state index contributed by atoms with van der Waals surface area (Å²) in [6.45, 7) is 5.42. The summed E-state index contributed by atoms with van der Waals surface area (Å²) in [4.78, 5) is 12.6. The lowest BCUT2D eigenvalue weighted by Gasteiger charge is -2.26. The number of nitrogens with zero attached hydrogens (tertiary/aromatic N) is 1. The second-order valence-corrected chi connectivity index (χ2v) is 8.64. The minimum atomic E-state index is -3.50. The number of carbonyl (C=O) groups excluding carboxylic acids is 1. The third-order valence-electron chi connectivity index (χ3n) is 4.61. The number of aryl methyl sites for hydroxylation is 2. The van der Waals surface area contributed by atoms with Crippen LogP contribution in [0.15, 0.2) is 59.6 Å². The number of ether oxygens (including phenoxy) is 1. The Labute approximate surface area is 165 Å². The molecule has 2 aromatic carbocycles. The molecule has 2 aromatic rings. The van der Waals surface area contributed by atoms with Gasteiger partial charge in [-0.2, -0.15) is 4.31 Å². The molecule has 7 heteroatoms. The van der Waals surface area contributed by atoms with Gasteiger partial charge in [0.15, 0.2) is 5.78 Å². The first-order chi connectivity index (χ1) is 13.4. The van der Waals surface area contributed by atoms with E-state index in [1.54, 1.807) is 30.5 Å². The van der Waals surface area contributed by atoms with Crippen molar-refractivity contribution in [2.24, 2.45) is 0 Å². The van der Waals surface area contributed by atoms with Gasteiger partial charge < -0.3 is 10.1 Å². The Morgan fingerprint density at radius 3 is 2.43 bits per heavy atom. The predicted octanol–water partition coefficient (Wildman–Crippen LogP) is 3.13. The van der Waals surface area contributed by atoms with Crippen LogP contribution in [-0.2, 0) is 14.8 Å². The quantitative estimate of drug-likeness (QED) is 0.596. The van der Waals surface area contributed by atoms with Crippen LogP contribution in [-0.4, -0.2) is 44.8 Å². The van der Waals surface area contributed by atoms with E-state index in [1.165, 1.54) is 10.4 Å². The fourth-order valence-electron chi connectivity index (χ4n) is 2.96. The molecule has 1 heterocycles. The Morgan fingerprint density at radius 1 is 1.07 bits per heavy atom. The molecule has 0 unspecified atom stereocenters. The Hall–Kier alpha value is -2.48. The Kier molecular flexibility index (Phi) is 6.28. The van der Waals surface area contributed by atoms with Crippen LogP contribution in [0.4, 0.5) is 5.69 Å². The van der Waals surface area contributed by atoms with Crippen LogP contribution in [0.5, 0.6) is 0 Å². The van der Waals surface area contributed by atoms with Crippen LogP contribution in [0.25, 0.3) is 0 Å². The molecule has 0 atom stereocenters. The lowest BCUT2D eigenvalue weighted by atomic mass is 10.0. The molecule has 6 nitrogen and oxygen atoms in total. The summed E-state index contributed by atoms with van der Waals surface area (Å²) in [6, 6.07) is 12.3. The van der Waals surface area contributed by atoms with E-state index in [1.807, 2.05) is 32.0 Å². The van der Waals surface area contributed by atoms with Crippen molar-refractivity contribution in [3.8, 4) is 0 Å². The van der Waals surface area contributed by atoms with Gasteiger partial charge in [0.2, 0.25) is 10.0 Å². The molecule has 1 aliphatic heterocycles. The van der Waals surface area contributed by atoms with E-state index >= 15 is 0 Å². The lowest BCUT2D eigenvalue weighted by Crippen LogP contribution is -2.40. The number of benzene rings is 2. The number of sulfonamides is 1. The predicted molar refractivity (Wildman–Crippen MR) is 109 cm³/mol. The number of hydrogen-bond donors (Lipinski definition) is 1. The zero-order chi connectivity index (χ0) is 20.1. The van der Waals surface area contributed by atoms with Crippen molar-refractivity contribution in [2.45, 2.75) is 18.7 Å². The summed E-state index contributed by atoms with van der Waals surface area (Å²) in [5.74, 6) is -0.0831. The third-order valence-corrected chi connectivity index (χ3v) is 6.52. The molecule has 0 amide bonds. The van der Waals surface area contributed by atoms with Crippen molar-refractivity contribution in [1.82, 2.24) is 4.31 Å². The number of carbonyl (C=O) groups is 1.